The molecule has 0 amide bonds. The standard InChI is InChI=1S/C16H22ClF3N2.2ClH/c1-3-11(2)15(22-9-7-21-8-10-22)12-5-4-6-13(14(12)17)16(18,19)20;;/h4-6,11,15,21H,3,7-10H2,1-2H3;2*1H/t11?,15-;;/m0../s1. The van der Waals surface area contributed by atoms with E-state index in [0.717, 1.165) is 38.7 Å². The van der Waals surface area contributed by atoms with Crippen molar-refractivity contribution < 1.29 is 13.2 Å². The number of rotatable bonds is 4. The van der Waals surface area contributed by atoms with Crippen LogP contribution in [0.3, 0.4) is 0 Å². The second-order valence-corrected chi connectivity index (χ2v) is 6.20. The third-order valence-electron chi connectivity index (χ3n) is 4.38. The van der Waals surface area contributed by atoms with Crippen molar-refractivity contribution in [2.24, 2.45) is 5.92 Å². The molecule has 0 saturated carbocycles. The van der Waals surface area contributed by atoms with Gasteiger partial charge in [-0.15, -0.1) is 24.8 Å². The number of alkyl halides is 3. The molecule has 1 unspecified atom stereocenters. The van der Waals surface area contributed by atoms with Crippen molar-refractivity contribution in [1.29, 1.82) is 0 Å². The minimum Gasteiger partial charge on any atom is -0.314 e. The number of nitrogens with zero attached hydrogens (tertiary/aromatic N) is 1. The Morgan fingerprint density at radius 1 is 1.21 bits per heavy atom. The molecule has 2 atom stereocenters. The Morgan fingerprint density at radius 2 is 1.79 bits per heavy atom. The molecular formula is C16H24Cl3F3N2. The number of piperazine rings is 1. The summed E-state index contributed by atoms with van der Waals surface area (Å²) in [6, 6.07) is 4.16. The predicted molar refractivity (Wildman–Crippen MR) is 97.6 cm³/mol. The Bertz CT molecular complexity index is 506. The van der Waals surface area contributed by atoms with Crippen LogP contribution >= 0.6 is 36.4 Å². The molecule has 1 aromatic rings. The molecule has 1 fully saturated rings. The summed E-state index contributed by atoms with van der Waals surface area (Å²) in [5, 5.41) is 3.12. The SMILES string of the molecule is CCC(C)[C@@H](c1cccc(C(F)(F)F)c1Cl)N1CCNCC1.Cl.Cl. The smallest absolute Gasteiger partial charge is 0.314 e. The first-order valence-corrected chi connectivity index (χ1v) is 8.04. The third kappa shape index (κ3) is 5.40. The van der Waals surface area contributed by atoms with Crippen LogP contribution in [0, 0.1) is 5.92 Å². The van der Waals surface area contributed by atoms with Crippen molar-refractivity contribution in [2.75, 3.05) is 26.2 Å². The van der Waals surface area contributed by atoms with Gasteiger partial charge >= 0.3 is 6.18 Å². The van der Waals surface area contributed by atoms with E-state index in [0.29, 0.717) is 5.56 Å². The Kier molecular flexibility index (Phi) is 9.99. The van der Waals surface area contributed by atoms with Crippen molar-refractivity contribution in [3.63, 3.8) is 0 Å². The fraction of sp³-hybridized carbons (Fsp3) is 0.625. The van der Waals surface area contributed by atoms with Crippen LogP contribution in [0.25, 0.3) is 0 Å². The zero-order chi connectivity index (χ0) is 16.3. The Balaban J connectivity index is 0.00000264. The highest BCUT2D eigenvalue weighted by Crippen LogP contribution is 2.41. The van der Waals surface area contributed by atoms with E-state index in [1.165, 1.54) is 6.07 Å². The molecule has 0 radical (unpaired) electrons. The van der Waals surface area contributed by atoms with Gasteiger partial charge in [0.15, 0.2) is 0 Å². The van der Waals surface area contributed by atoms with E-state index < -0.39 is 11.7 Å². The van der Waals surface area contributed by atoms with Crippen LogP contribution in [-0.2, 0) is 6.18 Å². The summed E-state index contributed by atoms with van der Waals surface area (Å²) in [5.41, 5.74) is -0.150. The molecule has 24 heavy (non-hydrogen) atoms. The average molecular weight is 408 g/mol. The maximum atomic E-state index is 13.1. The van der Waals surface area contributed by atoms with Gasteiger partial charge in [-0.05, 0) is 17.5 Å². The van der Waals surface area contributed by atoms with Gasteiger partial charge in [0, 0.05) is 32.2 Å². The highest BCUT2D eigenvalue weighted by atomic mass is 35.5. The first kappa shape index (κ1) is 23.8. The van der Waals surface area contributed by atoms with Gasteiger partial charge in [0.1, 0.15) is 0 Å². The largest absolute Gasteiger partial charge is 0.417 e. The van der Waals surface area contributed by atoms with Crippen LogP contribution in [-0.4, -0.2) is 31.1 Å². The van der Waals surface area contributed by atoms with Gasteiger partial charge in [0.05, 0.1) is 10.6 Å². The van der Waals surface area contributed by atoms with Crippen LogP contribution < -0.4 is 5.32 Å². The van der Waals surface area contributed by atoms with Crippen molar-refractivity contribution >= 4 is 36.4 Å². The van der Waals surface area contributed by atoms with Crippen molar-refractivity contribution in [3.8, 4) is 0 Å². The van der Waals surface area contributed by atoms with Crippen LogP contribution in [0.4, 0.5) is 13.2 Å². The molecule has 0 aromatic heterocycles. The summed E-state index contributed by atoms with van der Waals surface area (Å²) in [6.07, 6.45) is -3.53. The van der Waals surface area contributed by atoms with E-state index in [-0.39, 0.29) is 41.8 Å². The molecule has 0 spiro atoms. The Hall–Kier alpha value is -0.200. The van der Waals surface area contributed by atoms with Crippen LogP contribution in [0.15, 0.2) is 18.2 Å². The van der Waals surface area contributed by atoms with E-state index in [1.54, 1.807) is 6.07 Å². The Labute approximate surface area is 158 Å². The maximum absolute atomic E-state index is 13.1. The van der Waals surface area contributed by atoms with Gasteiger partial charge in [-0.25, -0.2) is 0 Å². The number of halogens is 6. The van der Waals surface area contributed by atoms with Gasteiger partial charge in [-0.2, -0.15) is 13.2 Å². The molecule has 1 aliphatic heterocycles. The summed E-state index contributed by atoms with van der Waals surface area (Å²) >= 11 is 6.15. The highest BCUT2D eigenvalue weighted by Gasteiger charge is 2.36. The molecule has 1 aliphatic rings. The van der Waals surface area contributed by atoms with Crippen molar-refractivity contribution in [1.82, 2.24) is 10.2 Å². The fourth-order valence-electron chi connectivity index (χ4n) is 3.04. The molecule has 2 rings (SSSR count). The fourth-order valence-corrected chi connectivity index (χ4v) is 3.39. The second kappa shape index (κ2) is 10.1. The minimum absolute atomic E-state index is 0. The first-order chi connectivity index (χ1) is 10.4. The summed E-state index contributed by atoms with van der Waals surface area (Å²) in [7, 11) is 0. The number of benzene rings is 1. The summed E-state index contributed by atoms with van der Waals surface area (Å²) < 4.78 is 39.3. The summed E-state index contributed by atoms with van der Waals surface area (Å²) in [4.78, 5) is 2.24. The van der Waals surface area contributed by atoms with E-state index in [4.69, 9.17) is 11.6 Å². The first-order valence-electron chi connectivity index (χ1n) is 7.66. The molecule has 8 heteroatoms. The monoisotopic (exact) mass is 406 g/mol. The quantitative estimate of drug-likeness (QED) is 0.738. The van der Waals surface area contributed by atoms with Gasteiger partial charge < -0.3 is 5.32 Å². The van der Waals surface area contributed by atoms with E-state index in [1.807, 2.05) is 0 Å². The number of hydrogen-bond acceptors (Lipinski definition) is 2. The van der Waals surface area contributed by atoms with E-state index >= 15 is 0 Å². The lowest BCUT2D eigenvalue weighted by Gasteiger charge is -2.39. The van der Waals surface area contributed by atoms with Crippen LogP contribution in [0.1, 0.15) is 37.4 Å². The van der Waals surface area contributed by atoms with Gasteiger partial charge in [-0.3, -0.25) is 4.90 Å². The van der Waals surface area contributed by atoms with Crippen molar-refractivity contribution in [2.45, 2.75) is 32.5 Å². The Morgan fingerprint density at radius 3 is 2.29 bits per heavy atom. The molecule has 1 N–H and O–H groups in total. The lowest BCUT2D eigenvalue weighted by atomic mass is 9.89. The van der Waals surface area contributed by atoms with Gasteiger partial charge in [0.25, 0.3) is 0 Å². The maximum Gasteiger partial charge on any atom is 0.417 e. The topological polar surface area (TPSA) is 15.3 Å². The lowest BCUT2D eigenvalue weighted by molar-refractivity contribution is -0.137. The molecule has 1 aromatic carbocycles. The second-order valence-electron chi connectivity index (χ2n) is 5.82. The van der Waals surface area contributed by atoms with E-state index in [9.17, 15) is 13.2 Å². The average Bonchev–Trinajstić information content (AvgIpc) is 2.49. The molecular weight excluding hydrogens is 384 g/mol. The molecule has 140 valence electrons. The molecule has 2 nitrogen and oxygen atoms in total. The molecule has 1 heterocycles. The highest BCUT2D eigenvalue weighted by molar-refractivity contribution is 6.32. The third-order valence-corrected chi connectivity index (χ3v) is 4.80. The number of nitrogens with one attached hydrogen (secondary N) is 1. The summed E-state index contributed by atoms with van der Waals surface area (Å²) in [6.45, 7) is 7.47. The van der Waals surface area contributed by atoms with Gasteiger partial charge in [0.2, 0.25) is 0 Å². The number of hydrogen-bond donors (Lipinski definition) is 1. The molecule has 1 saturated heterocycles. The van der Waals surface area contributed by atoms with Crippen molar-refractivity contribution in [3.05, 3.63) is 34.3 Å². The zero-order valence-electron chi connectivity index (χ0n) is 13.7. The predicted octanol–water partition coefficient (Wildman–Crippen LogP) is 5.19. The summed E-state index contributed by atoms with van der Waals surface area (Å²) in [5.74, 6) is 0.235. The zero-order valence-corrected chi connectivity index (χ0v) is 16.1. The van der Waals surface area contributed by atoms with E-state index in [2.05, 4.69) is 24.1 Å². The van der Waals surface area contributed by atoms with Gasteiger partial charge in [-0.1, -0.05) is 44.0 Å². The van der Waals surface area contributed by atoms with Crippen LogP contribution in [0.2, 0.25) is 5.02 Å². The normalized spacial score (nSPS) is 18.2. The molecule has 0 aliphatic carbocycles. The lowest BCUT2D eigenvalue weighted by Crippen LogP contribution is -2.46. The molecule has 0 bridgehead atoms. The van der Waals surface area contributed by atoms with Crippen LogP contribution in [0.5, 0.6) is 0 Å². The minimum atomic E-state index is -4.42.